The predicted octanol–water partition coefficient (Wildman–Crippen LogP) is 6.03. The van der Waals surface area contributed by atoms with Crippen molar-refractivity contribution in [3.05, 3.63) is 96.2 Å². The number of oxazole rings is 2. The first-order valence-electron chi connectivity index (χ1n) is 23.1. The molecule has 4 aliphatic rings. The molecule has 2 atom stereocenters. The van der Waals surface area contributed by atoms with Gasteiger partial charge in [-0.15, -0.1) is 0 Å². The van der Waals surface area contributed by atoms with Gasteiger partial charge in [-0.1, -0.05) is 0 Å². The number of nitrogens with one attached hydrogen (secondary N) is 2. The highest BCUT2D eigenvalue weighted by Gasteiger charge is 2.30. The van der Waals surface area contributed by atoms with Crippen LogP contribution in [0.3, 0.4) is 0 Å². The molecule has 2 fully saturated rings. The zero-order valence-electron chi connectivity index (χ0n) is 37.8. The standard InChI is InChI=1S/C25H32N6O3.C23H28N6O3/c1-2-31(15-20-4-3-13-33-20)24-21-16-30(11-12-32)10-9-22(21)28-25(29-24)27-19-7-5-18(6-8-19)23-14-26-17-34-23;1-28(21-3-2-12-31-21)22-18-14-29(10-11-30)9-8-19(18)26-23(27-22)25-17-6-4-16(5-7-17)20-13-24-15-32-20/h5-8,14,17,20,32H,2-4,9-13,15-16H2,1H3,(H,27,28,29);4-7,13,15,21,30H,2-3,8-12,14H2,1H3,(H,25,26,27)/t;21-/m.1/s1. The largest absolute Gasteiger partial charge is 0.444 e. The Hall–Kier alpha value is -6.02. The van der Waals surface area contributed by atoms with Crippen LogP contribution >= 0.6 is 0 Å². The molecule has 66 heavy (non-hydrogen) atoms. The van der Waals surface area contributed by atoms with Crippen LogP contribution in [0.4, 0.5) is 34.9 Å². The Bertz CT molecular complexity index is 2440. The Labute approximate surface area is 385 Å². The molecule has 8 heterocycles. The normalized spacial score (nSPS) is 18.3. The summed E-state index contributed by atoms with van der Waals surface area (Å²) in [5.41, 5.74) is 8.14. The molecule has 0 spiro atoms. The molecule has 4 N–H and O–H groups in total. The van der Waals surface area contributed by atoms with E-state index < -0.39 is 0 Å². The lowest BCUT2D eigenvalue weighted by atomic mass is 10.1. The molecule has 18 heteroatoms. The van der Waals surface area contributed by atoms with Gasteiger partial charge in [-0.25, -0.2) is 19.9 Å². The average molecular weight is 901 g/mol. The van der Waals surface area contributed by atoms with Crippen LogP contribution in [-0.2, 0) is 35.4 Å². The van der Waals surface area contributed by atoms with Gasteiger partial charge < -0.3 is 49.0 Å². The van der Waals surface area contributed by atoms with Crippen LogP contribution in [0.5, 0.6) is 0 Å². The molecule has 0 aliphatic carbocycles. The number of aliphatic hydroxyl groups excluding tert-OH is 2. The molecule has 0 bridgehead atoms. The second kappa shape index (κ2) is 21.5. The van der Waals surface area contributed by atoms with Gasteiger partial charge in [0.1, 0.15) is 17.9 Å². The van der Waals surface area contributed by atoms with Crippen molar-refractivity contribution in [1.29, 1.82) is 0 Å². The summed E-state index contributed by atoms with van der Waals surface area (Å²) < 4.78 is 22.6. The fourth-order valence-electron chi connectivity index (χ4n) is 9.05. The smallest absolute Gasteiger partial charge is 0.229 e. The summed E-state index contributed by atoms with van der Waals surface area (Å²) in [5.74, 6) is 4.50. The van der Waals surface area contributed by atoms with Crippen LogP contribution in [0.2, 0.25) is 0 Å². The van der Waals surface area contributed by atoms with Crippen molar-refractivity contribution in [2.45, 2.75) is 70.9 Å². The van der Waals surface area contributed by atoms with Gasteiger partial charge in [0, 0.05) is 119 Å². The SMILES string of the molecule is CCN(CC1CCCO1)c1nc(Nc2ccc(-c3cnco3)cc2)nc2c1CN(CCO)CC2.CN(c1nc(Nc2ccc(-c3cnco3)cc2)nc2c1CN(CCO)CC2)[C@H]1CCCO1. The van der Waals surface area contributed by atoms with E-state index in [-0.39, 0.29) is 25.5 Å². The van der Waals surface area contributed by atoms with Gasteiger partial charge in [-0.2, -0.15) is 9.97 Å². The van der Waals surface area contributed by atoms with Crippen LogP contribution in [0.25, 0.3) is 22.6 Å². The van der Waals surface area contributed by atoms with E-state index in [2.05, 4.69) is 47.1 Å². The lowest BCUT2D eigenvalue weighted by Crippen LogP contribution is -2.38. The summed E-state index contributed by atoms with van der Waals surface area (Å²) in [6, 6.07) is 15.9. The molecule has 0 saturated carbocycles. The molecule has 2 saturated heterocycles. The van der Waals surface area contributed by atoms with Gasteiger partial charge in [0.15, 0.2) is 24.3 Å². The molecular formula is C48H60N12O6. The van der Waals surface area contributed by atoms with Crippen molar-refractivity contribution in [2.24, 2.45) is 0 Å². The fourth-order valence-corrected chi connectivity index (χ4v) is 9.05. The number of anilines is 6. The molecule has 18 nitrogen and oxygen atoms in total. The maximum absolute atomic E-state index is 9.45. The number of benzene rings is 2. The summed E-state index contributed by atoms with van der Waals surface area (Å²) in [5, 5.41) is 25.6. The monoisotopic (exact) mass is 900 g/mol. The second-order valence-corrected chi connectivity index (χ2v) is 17.0. The second-order valence-electron chi connectivity index (χ2n) is 17.0. The maximum atomic E-state index is 9.45. The Morgan fingerprint density at radius 1 is 0.682 bits per heavy atom. The van der Waals surface area contributed by atoms with Gasteiger partial charge in [0.2, 0.25) is 11.9 Å². The minimum atomic E-state index is 0.0243. The van der Waals surface area contributed by atoms with Crippen molar-refractivity contribution in [2.75, 3.05) is 93.2 Å². The third kappa shape index (κ3) is 10.8. The zero-order chi connectivity index (χ0) is 45.2. The van der Waals surface area contributed by atoms with Crippen LogP contribution < -0.4 is 20.4 Å². The van der Waals surface area contributed by atoms with E-state index in [0.717, 1.165) is 159 Å². The van der Waals surface area contributed by atoms with Gasteiger partial charge in [0.05, 0.1) is 43.1 Å². The average Bonchev–Trinajstić information content (AvgIpc) is 4.21. The first kappa shape index (κ1) is 45.1. The van der Waals surface area contributed by atoms with Gasteiger partial charge in [0.25, 0.3) is 0 Å². The molecular weight excluding hydrogens is 841 g/mol. The first-order valence-corrected chi connectivity index (χ1v) is 23.1. The van der Waals surface area contributed by atoms with E-state index in [1.807, 2.05) is 55.6 Å². The van der Waals surface area contributed by atoms with E-state index in [1.165, 1.54) is 12.8 Å². The molecule has 4 aliphatic heterocycles. The Balaban J connectivity index is 0.000000166. The third-order valence-corrected chi connectivity index (χ3v) is 12.6. The highest BCUT2D eigenvalue weighted by atomic mass is 16.5. The summed E-state index contributed by atoms with van der Waals surface area (Å²) in [6.45, 7) is 10.3. The maximum Gasteiger partial charge on any atom is 0.229 e. The number of β-amino-alcohol motifs (C(OH)–C–C–N with tert-alkyl or cyclic N) is 2. The molecule has 2 aromatic carbocycles. The highest BCUT2D eigenvalue weighted by Crippen LogP contribution is 2.33. The first-order chi connectivity index (χ1) is 32.4. The molecule has 10 rings (SSSR count). The number of rotatable bonds is 16. The lowest BCUT2D eigenvalue weighted by molar-refractivity contribution is 0.110. The minimum Gasteiger partial charge on any atom is -0.444 e. The number of fused-ring (bicyclic) bond motifs is 2. The van der Waals surface area contributed by atoms with Gasteiger partial charge in [-0.3, -0.25) is 9.80 Å². The van der Waals surface area contributed by atoms with Crippen molar-refractivity contribution in [3.63, 3.8) is 0 Å². The Morgan fingerprint density at radius 2 is 1.21 bits per heavy atom. The number of hydrogen-bond acceptors (Lipinski definition) is 18. The molecule has 348 valence electrons. The zero-order valence-corrected chi connectivity index (χ0v) is 37.8. The summed E-state index contributed by atoms with van der Waals surface area (Å²) in [6.07, 6.45) is 12.4. The molecule has 0 radical (unpaired) electrons. The fraction of sp³-hybridized carbons (Fsp3) is 0.458. The van der Waals surface area contributed by atoms with Crippen LogP contribution in [0.15, 0.2) is 82.5 Å². The molecule has 0 amide bonds. The van der Waals surface area contributed by atoms with E-state index in [9.17, 15) is 10.2 Å². The van der Waals surface area contributed by atoms with Crippen molar-refractivity contribution in [1.82, 2.24) is 39.7 Å². The van der Waals surface area contributed by atoms with Crippen molar-refractivity contribution < 1.29 is 28.5 Å². The number of hydrogen-bond donors (Lipinski definition) is 4. The van der Waals surface area contributed by atoms with Crippen molar-refractivity contribution >= 4 is 34.9 Å². The number of ether oxygens (including phenoxy) is 2. The summed E-state index contributed by atoms with van der Waals surface area (Å²) in [7, 11) is 2.04. The van der Waals surface area contributed by atoms with Crippen LogP contribution in [-0.4, -0.2) is 135 Å². The number of aromatic nitrogens is 6. The summed E-state index contributed by atoms with van der Waals surface area (Å²) in [4.78, 5) is 36.5. The third-order valence-electron chi connectivity index (χ3n) is 12.6. The highest BCUT2D eigenvalue weighted by molar-refractivity contribution is 5.66. The van der Waals surface area contributed by atoms with Crippen molar-refractivity contribution in [3.8, 4) is 22.6 Å². The Kier molecular flexibility index (Phi) is 14.7. The van der Waals surface area contributed by atoms with Gasteiger partial charge >= 0.3 is 0 Å². The van der Waals surface area contributed by atoms with E-state index in [1.54, 1.807) is 12.4 Å². The number of aliphatic hydroxyl groups is 2. The van der Waals surface area contributed by atoms with Gasteiger partial charge in [-0.05, 0) is 81.1 Å². The quantitative estimate of drug-likeness (QED) is 0.0877. The Morgan fingerprint density at radius 3 is 1.68 bits per heavy atom. The predicted molar refractivity (Wildman–Crippen MR) is 251 cm³/mol. The summed E-state index contributed by atoms with van der Waals surface area (Å²) >= 11 is 0. The van der Waals surface area contributed by atoms with Crippen LogP contribution in [0, 0.1) is 0 Å². The minimum absolute atomic E-state index is 0.0243. The van der Waals surface area contributed by atoms with Crippen LogP contribution in [0.1, 0.15) is 55.1 Å². The molecule has 4 aromatic heterocycles. The lowest BCUT2D eigenvalue weighted by Gasteiger charge is -2.33. The number of likely N-dealkylation sites (N-methyl/N-ethyl adjacent to an activating group) is 1. The van der Waals surface area contributed by atoms with E-state index in [4.69, 9.17) is 38.2 Å². The molecule has 6 aromatic rings. The number of nitrogens with zero attached hydrogens (tertiary/aromatic N) is 10. The van der Waals surface area contributed by atoms with E-state index in [0.29, 0.717) is 25.0 Å². The topological polar surface area (TPSA) is 200 Å². The molecule has 1 unspecified atom stereocenters. The van der Waals surface area contributed by atoms with E-state index >= 15 is 0 Å².